The van der Waals surface area contributed by atoms with Crippen LogP contribution in [0.4, 0.5) is 5.69 Å². The van der Waals surface area contributed by atoms with Crippen LogP contribution >= 0.6 is 0 Å². The number of aromatic nitrogens is 2. The molecule has 0 aliphatic heterocycles. The van der Waals surface area contributed by atoms with E-state index in [9.17, 15) is 9.59 Å². The number of carbonyl (C=O) groups excluding carboxylic acids is 2. The topological polar surface area (TPSA) is 110 Å². The average molecular weight is 461 g/mol. The number of benzene rings is 1. The predicted molar refractivity (Wildman–Crippen MR) is 129 cm³/mol. The Balaban J connectivity index is 1.58. The number of carbonyl (C=O) groups is 2. The summed E-state index contributed by atoms with van der Waals surface area (Å²) in [6.45, 7) is 9.65. The maximum absolute atomic E-state index is 13.2. The predicted octanol–water partition coefficient (Wildman–Crippen LogP) is 5.32. The van der Waals surface area contributed by atoms with Gasteiger partial charge in [0.05, 0.1) is 22.3 Å². The van der Waals surface area contributed by atoms with Gasteiger partial charge in [-0.1, -0.05) is 31.1 Å². The van der Waals surface area contributed by atoms with Gasteiger partial charge in [-0.3, -0.25) is 9.59 Å². The number of furan rings is 1. The number of fused-ring (bicyclic) bond motifs is 1. The highest BCUT2D eigenvalue weighted by atomic mass is 16.5. The van der Waals surface area contributed by atoms with Gasteiger partial charge in [0.15, 0.2) is 0 Å². The van der Waals surface area contributed by atoms with E-state index in [1.807, 2.05) is 58.0 Å². The highest BCUT2D eigenvalue weighted by Gasteiger charge is 2.21. The number of hydrogen-bond acceptors (Lipinski definition) is 6. The van der Waals surface area contributed by atoms with Crippen molar-refractivity contribution in [3.8, 4) is 11.3 Å². The Morgan fingerprint density at radius 3 is 2.62 bits per heavy atom. The van der Waals surface area contributed by atoms with Gasteiger partial charge in [0.2, 0.25) is 5.91 Å². The van der Waals surface area contributed by atoms with Crippen LogP contribution in [0.2, 0.25) is 0 Å². The van der Waals surface area contributed by atoms with Crippen LogP contribution in [-0.2, 0) is 11.3 Å². The third-order valence-electron chi connectivity index (χ3n) is 5.89. The first kappa shape index (κ1) is 23.2. The molecular weight excluding hydrogens is 432 g/mol. The van der Waals surface area contributed by atoms with Crippen LogP contribution in [0.3, 0.4) is 0 Å². The third kappa shape index (κ3) is 4.71. The minimum Gasteiger partial charge on any atom is -0.466 e. The summed E-state index contributed by atoms with van der Waals surface area (Å²) in [7, 11) is 0. The lowest BCUT2D eigenvalue weighted by Crippen LogP contribution is -2.23. The Hall–Kier alpha value is -3.94. The molecule has 0 aliphatic rings. The lowest BCUT2D eigenvalue weighted by atomic mass is 10.1. The monoisotopic (exact) mass is 460 g/mol. The van der Waals surface area contributed by atoms with Crippen molar-refractivity contribution in [2.24, 2.45) is 5.92 Å². The van der Waals surface area contributed by atoms with Gasteiger partial charge in [-0.05, 0) is 57.0 Å². The molecule has 34 heavy (non-hydrogen) atoms. The summed E-state index contributed by atoms with van der Waals surface area (Å²) in [6, 6.07) is 11.1. The van der Waals surface area contributed by atoms with Crippen LogP contribution in [0.25, 0.3) is 22.4 Å². The van der Waals surface area contributed by atoms with E-state index in [0.29, 0.717) is 46.0 Å². The minimum absolute atomic E-state index is 0.0249. The zero-order valence-electron chi connectivity index (χ0n) is 20.0. The number of hydrogen-bond donors (Lipinski definition) is 2. The molecule has 1 aromatic carbocycles. The minimum atomic E-state index is -0.271. The molecule has 3 aromatic heterocycles. The SMILES string of the molecule is CCC(C)C(=O)Nc1cccc(CNC(=O)c2cc(-c3cc(C)oc3C)nc3onc(C)c23)c1. The van der Waals surface area contributed by atoms with Crippen LogP contribution in [0, 0.1) is 26.7 Å². The highest BCUT2D eigenvalue weighted by Crippen LogP contribution is 2.30. The molecule has 4 rings (SSSR count). The van der Waals surface area contributed by atoms with Crippen molar-refractivity contribution >= 4 is 28.6 Å². The molecule has 0 aliphatic carbocycles. The fourth-order valence-corrected chi connectivity index (χ4v) is 3.78. The van der Waals surface area contributed by atoms with E-state index in [4.69, 9.17) is 8.94 Å². The zero-order chi connectivity index (χ0) is 24.4. The first-order chi connectivity index (χ1) is 16.3. The first-order valence-corrected chi connectivity index (χ1v) is 11.3. The molecule has 0 spiro atoms. The maximum atomic E-state index is 13.2. The Morgan fingerprint density at radius 2 is 1.91 bits per heavy atom. The zero-order valence-corrected chi connectivity index (χ0v) is 20.0. The third-order valence-corrected chi connectivity index (χ3v) is 5.89. The van der Waals surface area contributed by atoms with Gasteiger partial charge in [0.1, 0.15) is 11.5 Å². The molecule has 0 saturated carbocycles. The van der Waals surface area contributed by atoms with Gasteiger partial charge in [-0.2, -0.15) is 0 Å². The van der Waals surface area contributed by atoms with Gasteiger partial charge in [-0.15, -0.1) is 0 Å². The smallest absolute Gasteiger partial charge is 0.259 e. The number of nitrogens with zero attached hydrogens (tertiary/aromatic N) is 2. The number of pyridine rings is 1. The number of amides is 2. The van der Waals surface area contributed by atoms with E-state index in [1.165, 1.54) is 0 Å². The molecule has 1 unspecified atom stereocenters. The Morgan fingerprint density at radius 1 is 1.12 bits per heavy atom. The molecule has 3 heterocycles. The van der Waals surface area contributed by atoms with Crippen molar-refractivity contribution in [2.75, 3.05) is 5.32 Å². The standard InChI is InChI=1S/C26H28N4O4/c1-6-14(2)24(31)28-19-9-7-8-18(11-19)13-27-25(32)21-12-22(20-10-15(3)33-17(20)5)29-26-23(21)16(4)30-34-26/h7-12,14H,6,13H2,1-5H3,(H,27,32)(H,28,31). The van der Waals surface area contributed by atoms with Gasteiger partial charge in [0.25, 0.3) is 11.6 Å². The lowest BCUT2D eigenvalue weighted by Gasteiger charge is -2.12. The Bertz CT molecular complexity index is 1370. The van der Waals surface area contributed by atoms with Crippen LogP contribution in [0.5, 0.6) is 0 Å². The second-order valence-electron chi connectivity index (χ2n) is 8.51. The molecule has 2 amide bonds. The summed E-state index contributed by atoms with van der Waals surface area (Å²) >= 11 is 0. The summed E-state index contributed by atoms with van der Waals surface area (Å²) in [5.74, 6) is 1.11. The molecular formula is C26H28N4O4. The molecule has 1 atom stereocenters. The van der Waals surface area contributed by atoms with Crippen molar-refractivity contribution in [3.05, 3.63) is 64.7 Å². The molecule has 176 valence electrons. The molecule has 2 N–H and O–H groups in total. The summed E-state index contributed by atoms with van der Waals surface area (Å²) in [5.41, 5.74) is 4.26. The maximum Gasteiger partial charge on any atom is 0.259 e. The first-order valence-electron chi connectivity index (χ1n) is 11.3. The normalized spacial score (nSPS) is 12.0. The van der Waals surface area contributed by atoms with Crippen LogP contribution in [-0.4, -0.2) is 22.0 Å². The number of nitrogens with one attached hydrogen (secondary N) is 2. The molecule has 0 saturated heterocycles. The van der Waals surface area contributed by atoms with Crippen molar-refractivity contribution in [1.29, 1.82) is 0 Å². The lowest BCUT2D eigenvalue weighted by molar-refractivity contribution is -0.119. The number of rotatable bonds is 7. The summed E-state index contributed by atoms with van der Waals surface area (Å²) < 4.78 is 11.0. The second kappa shape index (κ2) is 9.51. The fourth-order valence-electron chi connectivity index (χ4n) is 3.78. The molecule has 4 aromatic rings. The Kier molecular flexibility index (Phi) is 6.49. The summed E-state index contributed by atoms with van der Waals surface area (Å²) in [6.07, 6.45) is 0.768. The average Bonchev–Trinajstić information content (AvgIpc) is 3.37. The van der Waals surface area contributed by atoms with Crippen molar-refractivity contribution in [1.82, 2.24) is 15.5 Å². The van der Waals surface area contributed by atoms with Crippen LogP contribution < -0.4 is 10.6 Å². The summed E-state index contributed by atoms with van der Waals surface area (Å²) in [4.78, 5) is 30.0. The number of aryl methyl sites for hydroxylation is 3. The van der Waals surface area contributed by atoms with Crippen molar-refractivity contribution in [3.63, 3.8) is 0 Å². The summed E-state index contributed by atoms with van der Waals surface area (Å²) in [5, 5.41) is 10.5. The van der Waals surface area contributed by atoms with Gasteiger partial charge < -0.3 is 19.6 Å². The molecule has 0 bridgehead atoms. The largest absolute Gasteiger partial charge is 0.466 e. The van der Waals surface area contributed by atoms with E-state index < -0.39 is 0 Å². The quantitative estimate of drug-likeness (QED) is 0.386. The highest BCUT2D eigenvalue weighted by molar-refractivity contribution is 6.07. The van der Waals surface area contributed by atoms with Gasteiger partial charge in [0, 0.05) is 23.7 Å². The molecule has 8 heteroatoms. The van der Waals surface area contributed by atoms with E-state index >= 15 is 0 Å². The number of anilines is 1. The van der Waals surface area contributed by atoms with Crippen molar-refractivity contribution < 1.29 is 18.5 Å². The second-order valence-corrected chi connectivity index (χ2v) is 8.51. The Labute approximate surface area is 197 Å². The molecule has 0 fully saturated rings. The fraction of sp³-hybridized carbons (Fsp3) is 0.308. The van der Waals surface area contributed by atoms with Gasteiger partial charge in [-0.25, -0.2) is 4.98 Å². The van der Waals surface area contributed by atoms with E-state index in [-0.39, 0.29) is 17.7 Å². The molecule has 0 radical (unpaired) electrons. The van der Waals surface area contributed by atoms with Crippen LogP contribution in [0.1, 0.15) is 53.4 Å². The van der Waals surface area contributed by atoms with Gasteiger partial charge >= 0.3 is 0 Å². The van der Waals surface area contributed by atoms with E-state index in [0.717, 1.165) is 23.3 Å². The van der Waals surface area contributed by atoms with Crippen LogP contribution in [0.15, 0.2) is 45.3 Å². The van der Waals surface area contributed by atoms with E-state index in [2.05, 4.69) is 20.8 Å². The molecule has 8 nitrogen and oxygen atoms in total. The van der Waals surface area contributed by atoms with Crippen molar-refractivity contribution in [2.45, 2.75) is 47.6 Å². The van der Waals surface area contributed by atoms with E-state index in [1.54, 1.807) is 13.0 Å².